The molecule has 0 aliphatic rings. The van der Waals surface area contributed by atoms with Crippen LogP contribution >= 0.6 is 0 Å². The molecule has 23 heavy (non-hydrogen) atoms. The lowest BCUT2D eigenvalue weighted by Crippen LogP contribution is -2.21. The summed E-state index contributed by atoms with van der Waals surface area (Å²) in [5, 5.41) is 13.4. The molecule has 0 aliphatic carbocycles. The third kappa shape index (κ3) is 4.61. The summed E-state index contributed by atoms with van der Waals surface area (Å²) in [6, 6.07) is 13.2. The Morgan fingerprint density at radius 1 is 0.913 bits per heavy atom. The summed E-state index contributed by atoms with van der Waals surface area (Å²) in [4.78, 5) is 0. The third-order valence-electron chi connectivity index (χ3n) is 3.62. The Labute approximate surface area is 136 Å². The number of aliphatic hydroxyl groups is 1. The first-order valence-corrected chi connectivity index (χ1v) is 7.41. The van der Waals surface area contributed by atoms with E-state index in [-0.39, 0.29) is 0 Å². The topological polar surface area (TPSA) is 60.0 Å². The first kappa shape index (κ1) is 17.1. The van der Waals surface area contributed by atoms with Crippen molar-refractivity contribution < 1.29 is 19.3 Å². The van der Waals surface area contributed by atoms with E-state index in [1.807, 2.05) is 42.5 Å². The van der Waals surface area contributed by atoms with Gasteiger partial charge in [-0.15, -0.1) is 0 Å². The monoisotopic (exact) mass is 317 g/mol. The molecule has 0 aromatic heterocycles. The van der Waals surface area contributed by atoms with Gasteiger partial charge in [0.1, 0.15) is 5.75 Å². The lowest BCUT2D eigenvalue weighted by Gasteiger charge is -2.14. The summed E-state index contributed by atoms with van der Waals surface area (Å²) in [7, 11) is 4.85. The van der Waals surface area contributed by atoms with Crippen molar-refractivity contribution in [3.8, 4) is 17.2 Å². The van der Waals surface area contributed by atoms with Gasteiger partial charge in [-0.25, -0.2) is 0 Å². The summed E-state index contributed by atoms with van der Waals surface area (Å²) in [6.45, 7) is 1.09. The molecule has 0 saturated carbocycles. The smallest absolute Gasteiger partial charge is 0.161 e. The standard InChI is InChI=1S/C18H23NO4/c1-21-15-7-5-14(6-8-15)16(20)12-19-11-13-4-9-17(22-2)18(10-13)23-3/h4-10,16,19-20H,11-12H2,1-3H3/t16-/m0/s1. The Morgan fingerprint density at radius 2 is 1.61 bits per heavy atom. The van der Waals surface area contributed by atoms with Gasteiger partial charge >= 0.3 is 0 Å². The Morgan fingerprint density at radius 3 is 2.22 bits per heavy atom. The second-order valence-corrected chi connectivity index (χ2v) is 5.11. The van der Waals surface area contributed by atoms with Crippen LogP contribution in [-0.2, 0) is 6.54 Å². The number of methoxy groups -OCH3 is 3. The van der Waals surface area contributed by atoms with Crippen molar-refractivity contribution in [1.29, 1.82) is 0 Å². The Kier molecular flexibility index (Phi) is 6.26. The van der Waals surface area contributed by atoms with Crippen molar-refractivity contribution in [1.82, 2.24) is 5.32 Å². The van der Waals surface area contributed by atoms with Gasteiger partial charge in [0, 0.05) is 13.1 Å². The van der Waals surface area contributed by atoms with Crippen LogP contribution in [-0.4, -0.2) is 33.0 Å². The summed E-state index contributed by atoms with van der Waals surface area (Å²) < 4.78 is 15.6. The molecule has 0 spiro atoms. The molecule has 0 saturated heterocycles. The Hall–Kier alpha value is -2.24. The van der Waals surface area contributed by atoms with Crippen LogP contribution in [0.15, 0.2) is 42.5 Å². The van der Waals surface area contributed by atoms with Gasteiger partial charge in [-0.05, 0) is 35.4 Å². The fourth-order valence-corrected chi connectivity index (χ4v) is 2.29. The van der Waals surface area contributed by atoms with Crippen LogP contribution in [0.5, 0.6) is 17.2 Å². The van der Waals surface area contributed by atoms with Crippen molar-refractivity contribution in [2.45, 2.75) is 12.6 Å². The minimum absolute atomic E-state index is 0.459. The number of ether oxygens (including phenoxy) is 3. The highest BCUT2D eigenvalue weighted by Gasteiger charge is 2.08. The molecule has 2 aromatic rings. The summed E-state index contributed by atoms with van der Waals surface area (Å²) in [6.07, 6.45) is -0.568. The van der Waals surface area contributed by atoms with Gasteiger partial charge in [-0.2, -0.15) is 0 Å². The zero-order chi connectivity index (χ0) is 16.7. The zero-order valence-electron chi connectivity index (χ0n) is 13.7. The largest absolute Gasteiger partial charge is 0.497 e. The average Bonchev–Trinajstić information content (AvgIpc) is 2.61. The van der Waals surface area contributed by atoms with Crippen LogP contribution in [0.25, 0.3) is 0 Å². The maximum atomic E-state index is 10.2. The van der Waals surface area contributed by atoms with E-state index < -0.39 is 6.10 Å². The third-order valence-corrected chi connectivity index (χ3v) is 3.62. The Balaban J connectivity index is 1.88. The summed E-state index contributed by atoms with van der Waals surface area (Å²) in [5.74, 6) is 2.18. The number of aliphatic hydroxyl groups excluding tert-OH is 1. The van der Waals surface area contributed by atoms with E-state index in [1.165, 1.54) is 0 Å². The molecule has 0 bridgehead atoms. The highest BCUT2D eigenvalue weighted by Crippen LogP contribution is 2.27. The molecule has 0 amide bonds. The van der Waals surface area contributed by atoms with Gasteiger partial charge in [-0.1, -0.05) is 18.2 Å². The predicted molar refractivity (Wildman–Crippen MR) is 89.2 cm³/mol. The van der Waals surface area contributed by atoms with Crippen molar-refractivity contribution in [3.05, 3.63) is 53.6 Å². The normalized spacial score (nSPS) is 11.8. The van der Waals surface area contributed by atoms with Crippen LogP contribution in [0, 0.1) is 0 Å². The van der Waals surface area contributed by atoms with Crippen LogP contribution in [0.3, 0.4) is 0 Å². The molecule has 0 unspecified atom stereocenters. The average molecular weight is 317 g/mol. The number of rotatable bonds is 8. The molecule has 5 heteroatoms. The summed E-state index contributed by atoms with van der Waals surface area (Å²) in [5.41, 5.74) is 1.91. The first-order chi connectivity index (χ1) is 11.2. The number of hydrogen-bond donors (Lipinski definition) is 2. The van der Waals surface area contributed by atoms with Crippen molar-refractivity contribution in [3.63, 3.8) is 0 Å². The van der Waals surface area contributed by atoms with Crippen molar-refractivity contribution >= 4 is 0 Å². The lowest BCUT2D eigenvalue weighted by molar-refractivity contribution is 0.174. The highest BCUT2D eigenvalue weighted by atomic mass is 16.5. The summed E-state index contributed by atoms with van der Waals surface area (Å²) >= 11 is 0. The number of nitrogens with one attached hydrogen (secondary N) is 1. The molecule has 0 heterocycles. The van der Waals surface area contributed by atoms with Crippen LogP contribution < -0.4 is 19.5 Å². The van der Waals surface area contributed by atoms with E-state index in [4.69, 9.17) is 14.2 Å². The second-order valence-electron chi connectivity index (χ2n) is 5.11. The van der Waals surface area contributed by atoms with Gasteiger partial charge in [0.25, 0.3) is 0 Å². The highest BCUT2D eigenvalue weighted by molar-refractivity contribution is 5.42. The van der Waals surface area contributed by atoms with Gasteiger partial charge < -0.3 is 24.6 Å². The maximum absolute atomic E-state index is 10.2. The molecule has 124 valence electrons. The predicted octanol–water partition coefficient (Wildman–Crippen LogP) is 2.54. The fraction of sp³-hybridized carbons (Fsp3) is 0.333. The van der Waals surface area contributed by atoms with E-state index in [9.17, 15) is 5.11 Å². The molecule has 5 nitrogen and oxygen atoms in total. The van der Waals surface area contributed by atoms with Gasteiger partial charge in [-0.3, -0.25) is 0 Å². The zero-order valence-corrected chi connectivity index (χ0v) is 13.7. The number of hydrogen-bond acceptors (Lipinski definition) is 5. The van der Waals surface area contributed by atoms with Crippen LogP contribution in [0.2, 0.25) is 0 Å². The lowest BCUT2D eigenvalue weighted by atomic mass is 10.1. The molecule has 1 atom stereocenters. The van der Waals surface area contributed by atoms with E-state index >= 15 is 0 Å². The molecular formula is C18H23NO4. The van der Waals surface area contributed by atoms with Crippen LogP contribution in [0.4, 0.5) is 0 Å². The molecule has 2 aromatic carbocycles. The van der Waals surface area contributed by atoms with E-state index in [1.54, 1.807) is 21.3 Å². The van der Waals surface area contributed by atoms with Gasteiger partial charge in [0.2, 0.25) is 0 Å². The second kappa shape index (κ2) is 8.41. The molecule has 2 rings (SSSR count). The minimum Gasteiger partial charge on any atom is -0.497 e. The number of benzene rings is 2. The molecule has 0 aliphatic heterocycles. The maximum Gasteiger partial charge on any atom is 0.161 e. The quantitative estimate of drug-likeness (QED) is 0.783. The van der Waals surface area contributed by atoms with E-state index in [0.29, 0.717) is 24.6 Å². The SMILES string of the molecule is COc1ccc([C@@H](O)CNCc2ccc(OC)c(OC)c2)cc1. The molecule has 0 radical (unpaired) electrons. The van der Waals surface area contributed by atoms with E-state index in [2.05, 4.69) is 5.32 Å². The molecule has 0 fully saturated rings. The fourth-order valence-electron chi connectivity index (χ4n) is 2.29. The minimum atomic E-state index is -0.568. The van der Waals surface area contributed by atoms with Crippen LogP contribution in [0.1, 0.15) is 17.2 Å². The van der Waals surface area contributed by atoms with Crippen molar-refractivity contribution in [2.24, 2.45) is 0 Å². The van der Waals surface area contributed by atoms with E-state index in [0.717, 1.165) is 16.9 Å². The van der Waals surface area contributed by atoms with Gasteiger partial charge in [0.05, 0.1) is 27.4 Å². The molecule has 2 N–H and O–H groups in total. The first-order valence-electron chi connectivity index (χ1n) is 7.41. The molecular weight excluding hydrogens is 294 g/mol. The van der Waals surface area contributed by atoms with Gasteiger partial charge in [0.15, 0.2) is 11.5 Å². The Bertz CT molecular complexity index is 613. The van der Waals surface area contributed by atoms with Crippen molar-refractivity contribution in [2.75, 3.05) is 27.9 Å².